The minimum atomic E-state index is 0.424. The van der Waals surface area contributed by atoms with Crippen molar-refractivity contribution in [2.24, 2.45) is 0 Å². The van der Waals surface area contributed by atoms with Crippen molar-refractivity contribution in [3.8, 4) is 17.1 Å². The smallest absolute Gasteiger partial charge is 0.205 e. The fourth-order valence-electron chi connectivity index (χ4n) is 3.83. The Balaban J connectivity index is 1.30. The minimum Gasteiger partial charge on any atom is -0.489 e. The van der Waals surface area contributed by atoms with Crippen molar-refractivity contribution in [3.05, 3.63) is 71.2 Å². The first-order valence-electron chi connectivity index (χ1n) is 11.1. The molecule has 8 nitrogen and oxygen atoms in total. The van der Waals surface area contributed by atoms with Crippen LogP contribution >= 0.6 is 11.5 Å². The van der Waals surface area contributed by atoms with E-state index < -0.39 is 0 Å². The van der Waals surface area contributed by atoms with E-state index in [9.17, 15) is 0 Å². The number of unbranched alkanes of at least 4 members (excludes halogenated alkanes) is 1. The highest BCUT2D eigenvalue weighted by molar-refractivity contribution is 7.13. The lowest BCUT2D eigenvalue weighted by Crippen LogP contribution is -2.05. The van der Waals surface area contributed by atoms with Gasteiger partial charge in [0.1, 0.15) is 28.5 Å². The molecular formula is C24H25N7OS. The standard InChI is InChI=1S/C24H25N7OS/c1-3-4-9-21-25-22-16(2)28-33-24(22)31(21)14-17-10-12-19(13-11-17)32-15-18-7-5-6-8-20(18)23-26-29-30-27-23/h5-8,10-13H,3-4,9,14-15H2,1-2H3,(H,26,27,29,30). The first-order chi connectivity index (χ1) is 16.2. The first-order valence-corrected chi connectivity index (χ1v) is 11.8. The molecule has 9 heteroatoms. The number of imidazole rings is 1. The Morgan fingerprint density at radius 2 is 1.94 bits per heavy atom. The molecule has 33 heavy (non-hydrogen) atoms. The molecule has 0 aliphatic heterocycles. The highest BCUT2D eigenvalue weighted by Crippen LogP contribution is 2.26. The maximum absolute atomic E-state index is 6.06. The zero-order valence-corrected chi connectivity index (χ0v) is 19.5. The molecule has 0 aliphatic carbocycles. The highest BCUT2D eigenvalue weighted by Gasteiger charge is 2.15. The van der Waals surface area contributed by atoms with Gasteiger partial charge in [0.25, 0.3) is 0 Å². The summed E-state index contributed by atoms with van der Waals surface area (Å²) in [6.07, 6.45) is 3.27. The molecule has 0 amide bonds. The van der Waals surface area contributed by atoms with Crippen LogP contribution in [-0.2, 0) is 19.6 Å². The quantitative estimate of drug-likeness (QED) is 0.335. The summed E-state index contributed by atoms with van der Waals surface area (Å²) in [6.45, 7) is 5.44. The van der Waals surface area contributed by atoms with Crippen LogP contribution in [0.1, 0.15) is 42.4 Å². The SMILES string of the molecule is CCCCc1nc2c(C)nsc2n1Cc1ccc(OCc2ccccc2-c2nn[nH]n2)cc1. The third-order valence-corrected chi connectivity index (χ3v) is 6.58. The van der Waals surface area contributed by atoms with Crippen molar-refractivity contribution in [2.45, 2.75) is 46.3 Å². The molecule has 5 aromatic rings. The van der Waals surface area contributed by atoms with Crippen LogP contribution in [-0.4, -0.2) is 34.5 Å². The van der Waals surface area contributed by atoms with E-state index in [-0.39, 0.29) is 0 Å². The number of aromatic nitrogens is 7. The molecule has 0 unspecified atom stereocenters. The Morgan fingerprint density at radius 3 is 2.73 bits per heavy atom. The number of aryl methyl sites for hydroxylation is 2. The number of tetrazole rings is 1. The van der Waals surface area contributed by atoms with Crippen LogP contribution in [0, 0.1) is 6.92 Å². The molecule has 5 rings (SSSR count). The van der Waals surface area contributed by atoms with Crippen LogP contribution < -0.4 is 4.74 Å². The number of fused-ring (bicyclic) bond motifs is 1. The van der Waals surface area contributed by atoms with E-state index in [1.807, 2.05) is 43.3 Å². The van der Waals surface area contributed by atoms with Crippen molar-refractivity contribution in [2.75, 3.05) is 0 Å². The molecule has 168 valence electrons. The molecule has 2 aromatic carbocycles. The number of benzene rings is 2. The molecule has 0 aliphatic rings. The van der Waals surface area contributed by atoms with Gasteiger partial charge in [0, 0.05) is 17.5 Å². The summed E-state index contributed by atoms with van der Waals surface area (Å²) in [4.78, 5) is 6.04. The van der Waals surface area contributed by atoms with E-state index in [4.69, 9.17) is 9.72 Å². The maximum atomic E-state index is 6.06. The Labute approximate surface area is 195 Å². The van der Waals surface area contributed by atoms with Gasteiger partial charge in [-0.1, -0.05) is 49.7 Å². The van der Waals surface area contributed by atoms with Crippen LogP contribution in [0.25, 0.3) is 21.7 Å². The topological polar surface area (TPSA) is 94.4 Å². The average Bonchev–Trinajstić information content (AvgIpc) is 3.57. The van der Waals surface area contributed by atoms with Gasteiger partial charge in [-0.25, -0.2) is 4.98 Å². The number of nitrogens with zero attached hydrogens (tertiary/aromatic N) is 6. The fourth-order valence-corrected chi connectivity index (χ4v) is 4.69. The Bertz CT molecular complexity index is 1340. The summed E-state index contributed by atoms with van der Waals surface area (Å²) in [7, 11) is 0. The monoisotopic (exact) mass is 459 g/mol. The Morgan fingerprint density at radius 1 is 1.09 bits per heavy atom. The fraction of sp³-hybridized carbons (Fsp3) is 0.292. The molecule has 0 saturated heterocycles. The van der Waals surface area contributed by atoms with Gasteiger partial charge in [0.05, 0.1) is 12.2 Å². The van der Waals surface area contributed by atoms with Gasteiger partial charge in [-0.2, -0.15) is 9.59 Å². The Hall–Kier alpha value is -3.59. The molecule has 1 N–H and O–H groups in total. The van der Waals surface area contributed by atoms with Crippen molar-refractivity contribution in [1.29, 1.82) is 0 Å². The number of hydrogen-bond donors (Lipinski definition) is 1. The molecule has 3 heterocycles. The van der Waals surface area contributed by atoms with Crippen LogP contribution in [0.15, 0.2) is 48.5 Å². The average molecular weight is 460 g/mol. The second kappa shape index (κ2) is 9.50. The van der Waals surface area contributed by atoms with Crippen molar-refractivity contribution >= 4 is 21.9 Å². The number of ether oxygens (including phenoxy) is 1. The Kier molecular flexibility index (Phi) is 6.12. The zero-order valence-electron chi connectivity index (χ0n) is 18.7. The summed E-state index contributed by atoms with van der Waals surface area (Å²) in [5, 5.41) is 14.3. The van der Waals surface area contributed by atoms with Gasteiger partial charge in [-0.3, -0.25) is 0 Å². The largest absolute Gasteiger partial charge is 0.489 e. The second-order valence-corrected chi connectivity index (χ2v) is 8.72. The van der Waals surface area contributed by atoms with Gasteiger partial charge < -0.3 is 9.30 Å². The number of hydrogen-bond acceptors (Lipinski definition) is 7. The van der Waals surface area contributed by atoms with Gasteiger partial charge in [-0.15, -0.1) is 10.2 Å². The molecule has 3 aromatic heterocycles. The zero-order chi connectivity index (χ0) is 22.6. The van der Waals surface area contributed by atoms with E-state index >= 15 is 0 Å². The highest BCUT2D eigenvalue weighted by atomic mass is 32.1. The molecule has 0 bridgehead atoms. The summed E-state index contributed by atoms with van der Waals surface area (Å²) in [5.41, 5.74) is 5.16. The number of H-pyrrole nitrogens is 1. The van der Waals surface area contributed by atoms with Crippen molar-refractivity contribution in [1.82, 2.24) is 34.5 Å². The number of nitrogens with one attached hydrogen (secondary N) is 1. The van der Waals surface area contributed by atoms with E-state index in [2.05, 4.69) is 48.6 Å². The summed E-state index contributed by atoms with van der Waals surface area (Å²) in [5.74, 6) is 2.52. The second-order valence-electron chi connectivity index (χ2n) is 7.96. The van der Waals surface area contributed by atoms with Gasteiger partial charge in [0.2, 0.25) is 5.82 Å². The van der Waals surface area contributed by atoms with Crippen LogP contribution in [0.4, 0.5) is 0 Å². The number of aromatic amines is 1. The molecule has 0 fully saturated rings. The lowest BCUT2D eigenvalue weighted by Gasteiger charge is -2.11. The normalized spacial score (nSPS) is 11.3. The maximum Gasteiger partial charge on any atom is 0.205 e. The molecular weight excluding hydrogens is 434 g/mol. The third-order valence-electron chi connectivity index (χ3n) is 5.63. The van der Waals surface area contributed by atoms with E-state index in [0.29, 0.717) is 12.4 Å². The molecule has 0 radical (unpaired) electrons. The van der Waals surface area contributed by atoms with E-state index in [0.717, 1.165) is 64.5 Å². The van der Waals surface area contributed by atoms with Crippen molar-refractivity contribution in [3.63, 3.8) is 0 Å². The lowest BCUT2D eigenvalue weighted by atomic mass is 10.1. The molecule has 0 saturated carbocycles. The van der Waals surface area contributed by atoms with Gasteiger partial charge in [-0.05, 0) is 47.8 Å². The van der Waals surface area contributed by atoms with Crippen molar-refractivity contribution < 1.29 is 4.74 Å². The summed E-state index contributed by atoms with van der Waals surface area (Å²) in [6, 6.07) is 16.2. The number of rotatable bonds is 9. The predicted octanol–water partition coefficient (Wildman–Crippen LogP) is 4.95. The summed E-state index contributed by atoms with van der Waals surface area (Å²) < 4.78 is 12.9. The van der Waals surface area contributed by atoms with E-state index in [1.54, 1.807) is 0 Å². The molecule has 0 spiro atoms. The third kappa shape index (κ3) is 4.49. The molecule has 0 atom stereocenters. The van der Waals surface area contributed by atoms with Gasteiger partial charge >= 0.3 is 0 Å². The van der Waals surface area contributed by atoms with Crippen LogP contribution in [0.5, 0.6) is 5.75 Å². The van der Waals surface area contributed by atoms with Crippen LogP contribution in [0.2, 0.25) is 0 Å². The lowest BCUT2D eigenvalue weighted by molar-refractivity contribution is 0.306. The minimum absolute atomic E-state index is 0.424. The summed E-state index contributed by atoms with van der Waals surface area (Å²) >= 11 is 1.53. The predicted molar refractivity (Wildman–Crippen MR) is 128 cm³/mol. The van der Waals surface area contributed by atoms with Crippen LogP contribution in [0.3, 0.4) is 0 Å². The van der Waals surface area contributed by atoms with E-state index in [1.165, 1.54) is 17.1 Å². The first kappa shape index (κ1) is 21.3. The van der Waals surface area contributed by atoms with Gasteiger partial charge in [0.15, 0.2) is 0 Å².